The van der Waals surface area contributed by atoms with Gasteiger partial charge in [0.1, 0.15) is 6.61 Å². The van der Waals surface area contributed by atoms with Crippen LogP contribution in [0.5, 0.6) is 11.5 Å². The molecule has 0 saturated carbocycles. The SMILES string of the molecule is COc1cc(/C=N/NC(=O)CN2CCOCC2)cc(I)c1OCc1ccc2ccccc2c1. The first-order chi connectivity index (χ1) is 16.1. The molecular weight excluding hydrogens is 533 g/mol. The van der Waals surface area contributed by atoms with Crippen LogP contribution in [0.2, 0.25) is 0 Å². The maximum atomic E-state index is 12.1. The van der Waals surface area contributed by atoms with Gasteiger partial charge < -0.3 is 14.2 Å². The summed E-state index contributed by atoms with van der Waals surface area (Å²) in [5.74, 6) is 1.15. The Morgan fingerprint density at radius 3 is 2.73 bits per heavy atom. The lowest BCUT2D eigenvalue weighted by atomic mass is 10.1. The number of fused-ring (bicyclic) bond motifs is 1. The first-order valence-electron chi connectivity index (χ1n) is 10.7. The number of benzene rings is 3. The molecular formula is C25H26IN3O4. The normalized spacial score (nSPS) is 14.5. The van der Waals surface area contributed by atoms with Gasteiger partial charge in [-0.25, -0.2) is 5.43 Å². The molecule has 33 heavy (non-hydrogen) atoms. The van der Waals surface area contributed by atoms with Crippen LogP contribution < -0.4 is 14.9 Å². The molecule has 3 aromatic carbocycles. The molecule has 4 rings (SSSR count). The van der Waals surface area contributed by atoms with E-state index >= 15 is 0 Å². The highest BCUT2D eigenvalue weighted by atomic mass is 127. The van der Waals surface area contributed by atoms with E-state index in [0.29, 0.717) is 37.9 Å². The Hall–Kier alpha value is -2.69. The van der Waals surface area contributed by atoms with Crippen LogP contribution in [0.15, 0.2) is 59.7 Å². The molecule has 0 radical (unpaired) electrons. The third kappa shape index (κ3) is 6.43. The fraction of sp³-hybridized carbons (Fsp3) is 0.280. The van der Waals surface area contributed by atoms with Gasteiger partial charge in [0.05, 0.1) is 36.7 Å². The Morgan fingerprint density at radius 1 is 1.15 bits per heavy atom. The number of methoxy groups -OCH3 is 1. The topological polar surface area (TPSA) is 72.4 Å². The van der Waals surface area contributed by atoms with Gasteiger partial charge in [0.25, 0.3) is 5.91 Å². The van der Waals surface area contributed by atoms with Crippen LogP contribution in [-0.2, 0) is 16.1 Å². The van der Waals surface area contributed by atoms with Crippen LogP contribution >= 0.6 is 22.6 Å². The molecule has 8 heteroatoms. The molecule has 0 spiro atoms. The van der Waals surface area contributed by atoms with Crippen molar-refractivity contribution in [3.05, 3.63) is 69.3 Å². The van der Waals surface area contributed by atoms with Crippen LogP contribution in [-0.4, -0.2) is 57.0 Å². The molecule has 1 N–H and O–H groups in total. The van der Waals surface area contributed by atoms with Gasteiger partial charge in [-0.3, -0.25) is 9.69 Å². The summed E-state index contributed by atoms with van der Waals surface area (Å²) in [7, 11) is 1.61. The van der Waals surface area contributed by atoms with E-state index in [2.05, 4.69) is 63.4 Å². The number of halogens is 1. The Bertz CT molecular complexity index is 1150. The molecule has 172 valence electrons. The number of carbonyl (C=O) groups is 1. The van der Waals surface area contributed by atoms with Crippen molar-refractivity contribution >= 4 is 45.5 Å². The first-order valence-corrected chi connectivity index (χ1v) is 11.8. The summed E-state index contributed by atoms with van der Waals surface area (Å²) >= 11 is 2.22. The molecule has 1 heterocycles. The van der Waals surface area contributed by atoms with Crippen molar-refractivity contribution in [2.24, 2.45) is 5.10 Å². The first kappa shape index (κ1) is 23.5. The van der Waals surface area contributed by atoms with Gasteiger partial charge in [-0.05, 0) is 62.7 Å². The molecule has 0 bridgehead atoms. The Kier molecular flexibility index (Phi) is 8.14. The standard InChI is InChI=1S/C25H26IN3O4/c1-31-23-14-19(15-27-28-24(30)16-29-8-10-32-11-9-29)13-22(26)25(23)33-17-18-6-7-20-4-2-3-5-21(20)12-18/h2-7,12-15H,8-11,16-17H2,1H3,(H,28,30)/b27-15+. The number of hydrazone groups is 1. The van der Waals surface area contributed by atoms with E-state index in [9.17, 15) is 4.79 Å². The van der Waals surface area contributed by atoms with Crippen molar-refractivity contribution in [1.82, 2.24) is 10.3 Å². The predicted molar refractivity (Wildman–Crippen MR) is 137 cm³/mol. The highest BCUT2D eigenvalue weighted by Gasteiger charge is 2.14. The Balaban J connectivity index is 1.38. The third-order valence-corrected chi connectivity index (χ3v) is 6.12. The lowest BCUT2D eigenvalue weighted by Gasteiger charge is -2.25. The highest BCUT2D eigenvalue weighted by molar-refractivity contribution is 14.1. The summed E-state index contributed by atoms with van der Waals surface area (Å²) in [5.41, 5.74) is 4.47. The molecule has 1 aliphatic heterocycles. The summed E-state index contributed by atoms with van der Waals surface area (Å²) < 4.78 is 17.9. The van der Waals surface area contributed by atoms with Crippen molar-refractivity contribution in [2.45, 2.75) is 6.61 Å². The zero-order valence-electron chi connectivity index (χ0n) is 18.4. The lowest BCUT2D eigenvalue weighted by Crippen LogP contribution is -2.42. The minimum atomic E-state index is -0.148. The second-order valence-corrected chi connectivity index (χ2v) is 8.85. The van der Waals surface area contributed by atoms with Gasteiger partial charge in [-0.2, -0.15) is 5.10 Å². The predicted octanol–water partition coefficient (Wildman–Crippen LogP) is 3.81. The van der Waals surface area contributed by atoms with E-state index in [1.165, 1.54) is 10.8 Å². The number of rotatable bonds is 8. The van der Waals surface area contributed by atoms with Crippen molar-refractivity contribution in [3.8, 4) is 11.5 Å². The molecule has 1 aliphatic rings. The average molecular weight is 559 g/mol. The lowest BCUT2D eigenvalue weighted by molar-refractivity contribution is -0.123. The molecule has 0 aliphatic carbocycles. The zero-order chi connectivity index (χ0) is 23.0. The number of ether oxygens (including phenoxy) is 3. The summed E-state index contributed by atoms with van der Waals surface area (Å²) in [6.07, 6.45) is 1.61. The number of carbonyl (C=O) groups excluding carboxylic acids is 1. The van der Waals surface area contributed by atoms with Gasteiger partial charge in [-0.1, -0.05) is 36.4 Å². The number of nitrogens with zero attached hydrogens (tertiary/aromatic N) is 2. The molecule has 0 unspecified atom stereocenters. The smallest absolute Gasteiger partial charge is 0.254 e. The number of nitrogens with one attached hydrogen (secondary N) is 1. The molecule has 1 amide bonds. The molecule has 0 atom stereocenters. The van der Waals surface area contributed by atoms with Crippen LogP contribution in [0.25, 0.3) is 10.8 Å². The van der Waals surface area contributed by atoms with E-state index in [1.54, 1.807) is 13.3 Å². The largest absolute Gasteiger partial charge is 0.493 e. The summed E-state index contributed by atoms with van der Waals surface area (Å²) in [4.78, 5) is 14.1. The van der Waals surface area contributed by atoms with Crippen molar-refractivity contribution < 1.29 is 19.0 Å². The average Bonchev–Trinajstić information content (AvgIpc) is 2.83. The van der Waals surface area contributed by atoms with E-state index in [0.717, 1.165) is 27.8 Å². The van der Waals surface area contributed by atoms with Crippen LogP contribution in [0, 0.1) is 3.57 Å². The molecule has 0 aromatic heterocycles. The summed E-state index contributed by atoms with van der Waals surface area (Å²) in [6.45, 7) is 3.57. The monoisotopic (exact) mass is 559 g/mol. The van der Waals surface area contributed by atoms with Gasteiger partial charge in [0, 0.05) is 13.1 Å². The highest BCUT2D eigenvalue weighted by Crippen LogP contribution is 2.34. The quantitative estimate of drug-likeness (QED) is 0.258. The number of hydrogen-bond donors (Lipinski definition) is 1. The van der Waals surface area contributed by atoms with Gasteiger partial charge >= 0.3 is 0 Å². The van der Waals surface area contributed by atoms with Gasteiger partial charge in [0.2, 0.25) is 0 Å². The van der Waals surface area contributed by atoms with Crippen LogP contribution in [0.1, 0.15) is 11.1 Å². The maximum absolute atomic E-state index is 12.1. The number of amides is 1. The maximum Gasteiger partial charge on any atom is 0.254 e. The Morgan fingerprint density at radius 2 is 1.94 bits per heavy atom. The molecule has 7 nitrogen and oxygen atoms in total. The second-order valence-electron chi connectivity index (χ2n) is 7.69. The van der Waals surface area contributed by atoms with Gasteiger partial charge in [-0.15, -0.1) is 0 Å². The van der Waals surface area contributed by atoms with E-state index in [-0.39, 0.29) is 5.91 Å². The second kappa shape index (κ2) is 11.4. The van der Waals surface area contributed by atoms with Gasteiger partial charge in [0.15, 0.2) is 11.5 Å². The minimum absolute atomic E-state index is 0.148. The van der Waals surface area contributed by atoms with E-state index < -0.39 is 0 Å². The van der Waals surface area contributed by atoms with Crippen molar-refractivity contribution in [2.75, 3.05) is 40.0 Å². The fourth-order valence-corrected chi connectivity index (χ4v) is 4.40. The summed E-state index contributed by atoms with van der Waals surface area (Å²) in [5, 5.41) is 6.48. The number of morpholine rings is 1. The minimum Gasteiger partial charge on any atom is -0.493 e. The zero-order valence-corrected chi connectivity index (χ0v) is 20.6. The number of hydrogen-bond acceptors (Lipinski definition) is 6. The fourth-order valence-electron chi connectivity index (χ4n) is 3.61. The van der Waals surface area contributed by atoms with E-state index in [1.807, 2.05) is 29.2 Å². The summed E-state index contributed by atoms with van der Waals surface area (Å²) in [6, 6.07) is 18.3. The van der Waals surface area contributed by atoms with Crippen LogP contribution in [0.4, 0.5) is 0 Å². The van der Waals surface area contributed by atoms with E-state index in [4.69, 9.17) is 14.2 Å². The van der Waals surface area contributed by atoms with Crippen LogP contribution in [0.3, 0.4) is 0 Å². The molecule has 1 fully saturated rings. The van der Waals surface area contributed by atoms with Crippen molar-refractivity contribution in [3.63, 3.8) is 0 Å². The molecule has 3 aromatic rings. The third-order valence-electron chi connectivity index (χ3n) is 5.32. The molecule has 1 saturated heterocycles. The Labute approximate surface area is 206 Å². The van der Waals surface area contributed by atoms with Crippen molar-refractivity contribution in [1.29, 1.82) is 0 Å².